The highest BCUT2D eigenvalue weighted by Crippen LogP contribution is 2.28. The van der Waals surface area contributed by atoms with E-state index < -0.39 is 0 Å². The summed E-state index contributed by atoms with van der Waals surface area (Å²) < 4.78 is 1.76. The predicted octanol–water partition coefficient (Wildman–Crippen LogP) is 4.03. The molecule has 8 heteroatoms. The number of carbonyl (C=O) groups is 1. The van der Waals surface area contributed by atoms with Crippen molar-refractivity contribution >= 4 is 40.9 Å². The summed E-state index contributed by atoms with van der Waals surface area (Å²) in [5, 5.41) is 14.5. The van der Waals surface area contributed by atoms with Crippen LogP contribution in [0.25, 0.3) is 0 Å². The fraction of sp³-hybridized carbons (Fsp3) is 0.444. The van der Waals surface area contributed by atoms with Crippen LogP contribution in [0, 0.1) is 0 Å². The van der Waals surface area contributed by atoms with Gasteiger partial charge < -0.3 is 15.0 Å². The lowest BCUT2D eigenvalue weighted by Crippen LogP contribution is -2.35. The van der Waals surface area contributed by atoms with Gasteiger partial charge in [0.1, 0.15) is 6.54 Å². The van der Waals surface area contributed by atoms with Crippen LogP contribution in [0.4, 0.5) is 0 Å². The minimum absolute atomic E-state index is 0.0454. The van der Waals surface area contributed by atoms with Crippen molar-refractivity contribution in [2.45, 2.75) is 55.8 Å². The molecule has 26 heavy (non-hydrogen) atoms. The van der Waals surface area contributed by atoms with Gasteiger partial charge in [-0.15, -0.1) is 0 Å². The van der Waals surface area contributed by atoms with Crippen molar-refractivity contribution < 1.29 is 9.90 Å². The topological polar surface area (TPSA) is 67.2 Å². The number of nitrogens with one attached hydrogen (secondary N) is 1. The van der Waals surface area contributed by atoms with E-state index in [1.807, 2.05) is 6.07 Å². The SMILES string of the molecule is O=C(Cn1c(CO)cnc1SCc1ccc(Cl)cc1Cl)NC1CCCC1. The van der Waals surface area contributed by atoms with E-state index in [2.05, 4.69) is 10.3 Å². The van der Waals surface area contributed by atoms with Gasteiger partial charge in [0.2, 0.25) is 5.91 Å². The van der Waals surface area contributed by atoms with E-state index in [0.29, 0.717) is 26.6 Å². The highest BCUT2D eigenvalue weighted by Gasteiger charge is 2.19. The number of thioether (sulfide) groups is 1. The van der Waals surface area contributed by atoms with E-state index in [4.69, 9.17) is 23.2 Å². The molecule has 0 radical (unpaired) electrons. The average Bonchev–Trinajstić information content (AvgIpc) is 3.24. The van der Waals surface area contributed by atoms with Crippen LogP contribution in [-0.4, -0.2) is 26.6 Å². The molecule has 1 aromatic heterocycles. The molecule has 1 saturated carbocycles. The Morgan fingerprint density at radius 2 is 2.12 bits per heavy atom. The molecule has 1 amide bonds. The molecule has 2 aromatic rings. The molecule has 0 unspecified atom stereocenters. The second kappa shape index (κ2) is 9.13. The Hall–Kier alpha value is -1.21. The molecule has 140 valence electrons. The number of hydrogen-bond acceptors (Lipinski definition) is 4. The lowest BCUT2D eigenvalue weighted by molar-refractivity contribution is -0.122. The van der Waals surface area contributed by atoms with Gasteiger partial charge in [-0.05, 0) is 30.5 Å². The van der Waals surface area contributed by atoms with Crippen LogP contribution >= 0.6 is 35.0 Å². The standard InChI is InChI=1S/C18H21Cl2N3O2S/c19-13-6-5-12(16(20)7-13)11-26-18-21-8-15(10-24)23(18)9-17(25)22-14-3-1-2-4-14/h5-8,14,24H,1-4,9-11H2,(H,22,25). The minimum Gasteiger partial charge on any atom is -0.390 e. The van der Waals surface area contributed by atoms with E-state index >= 15 is 0 Å². The Morgan fingerprint density at radius 1 is 1.35 bits per heavy atom. The maximum Gasteiger partial charge on any atom is 0.240 e. The largest absolute Gasteiger partial charge is 0.390 e. The zero-order valence-electron chi connectivity index (χ0n) is 14.3. The number of halogens is 2. The molecule has 2 N–H and O–H groups in total. The van der Waals surface area contributed by atoms with E-state index in [1.54, 1.807) is 22.9 Å². The Balaban J connectivity index is 1.67. The van der Waals surface area contributed by atoms with Gasteiger partial charge in [-0.25, -0.2) is 4.98 Å². The lowest BCUT2D eigenvalue weighted by Gasteiger charge is -2.15. The van der Waals surface area contributed by atoms with Gasteiger partial charge in [0, 0.05) is 21.8 Å². The summed E-state index contributed by atoms with van der Waals surface area (Å²) in [6, 6.07) is 5.65. The van der Waals surface area contributed by atoms with Crippen LogP contribution in [-0.2, 0) is 23.7 Å². The van der Waals surface area contributed by atoms with Crippen molar-refractivity contribution in [2.75, 3.05) is 0 Å². The van der Waals surface area contributed by atoms with E-state index in [9.17, 15) is 9.90 Å². The maximum atomic E-state index is 12.4. The molecule has 1 aromatic carbocycles. The summed E-state index contributed by atoms with van der Waals surface area (Å²) in [6.07, 6.45) is 6.02. The van der Waals surface area contributed by atoms with Crippen molar-refractivity contribution in [2.24, 2.45) is 0 Å². The first-order valence-electron chi connectivity index (χ1n) is 8.58. The number of aliphatic hydroxyl groups is 1. The third-order valence-corrected chi connectivity index (χ3v) is 6.08. The van der Waals surface area contributed by atoms with Gasteiger partial charge in [0.05, 0.1) is 18.5 Å². The van der Waals surface area contributed by atoms with E-state index in [0.717, 1.165) is 18.4 Å². The predicted molar refractivity (Wildman–Crippen MR) is 105 cm³/mol. The second-order valence-electron chi connectivity index (χ2n) is 6.35. The number of aromatic nitrogens is 2. The van der Waals surface area contributed by atoms with Crippen LogP contribution in [0.2, 0.25) is 10.0 Å². The first-order chi connectivity index (χ1) is 12.6. The molecule has 1 aliphatic carbocycles. The number of rotatable bonds is 7. The molecule has 1 aliphatic rings. The fourth-order valence-corrected chi connectivity index (χ4v) is 4.63. The number of imidazole rings is 1. The van der Waals surface area contributed by atoms with Gasteiger partial charge in [0.15, 0.2) is 5.16 Å². The zero-order chi connectivity index (χ0) is 18.5. The zero-order valence-corrected chi connectivity index (χ0v) is 16.6. The summed E-state index contributed by atoms with van der Waals surface area (Å²) in [5.41, 5.74) is 1.56. The number of aliphatic hydroxyl groups excluding tert-OH is 1. The minimum atomic E-state index is -0.161. The number of hydrogen-bond donors (Lipinski definition) is 2. The Morgan fingerprint density at radius 3 is 2.81 bits per heavy atom. The van der Waals surface area contributed by atoms with Gasteiger partial charge in [-0.2, -0.15) is 0 Å². The average molecular weight is 414 g/mol. The fourth-order valence-electron chi connectivity index (χ4n) is 3.07. The summed E-state index contributed by atoms with van der Waals surface area (Å²) in [6.45, 7) is -0.00491. The van der Waals surface area contributed by atoms with E-state index in [1.165, 1.54) is 24.6 Å². The van der Waals surface area contributed by atoms with Gasteiger partial charge in [-0.3, -0.25) is 4.79 Å². The number of benzene rings is 1. The van der Waals surface area contributed by atoms with Crippen molar-refractivity contribution in [1.82, 2.24) is 14.9 Å². The third-order valence-electron chi connectivity index (χ3n) is 4.46. The summed E-state index contributed by atoms with van der Waals surface area (Å²) >= 11 is 13.6. The quantitative estimate of drug-likeness (QED) is 0.672. The lowest BCUT2D eigenvalue weighted by atomic mass is 10.2. The van der Waals surface area contributed by atoms with Crippen molar-refractivity contribution in [3.63, 3.8) is 0 Å². The summed E-state index contributed by atoms with van der Waals surface area (Å²) in [5.74, 6) is 0.554. The smallest absolute Gasteiger partial charge is 0.240 e. The molecule has 0 saturated heterocycles. The molecule has 0 spiro atoms. The van der Waals surface area contributed by atoms with Gasteiger partial charge in [0.25, 0.3) is 0 Å². The number of nitrogens with zero attached hydrogens (tertiary/aromatic N) is 2. The van der Waals surface area contributed by atoms with Crippen molar-refractivity contribution in [3.05, 3.63) is 45.7 Å². The molecule has 1 fully saturated rings. The molecular weight excluding hydrogens is 393 g/mol. The normalized spacial score (nSPS) is 14.7. The molecule has 1 heterocycles. The first-order valence-corrected chi connectivity index (χ1v) is 10.3. The van der Waals surface area contributed by atoms with Crippen LogP contribution in [0.15, 0.2) is 29.6 Å². The number of amides is 1. The Kier molecular flexibility index (Phi) is 6.86. The van der Waals surface area contributed by atoms with E-state index in [-0.39, 0.29) is 25.1 Å². The monoisotopic (exact) mass is 413 g/mol. The second-order valence-corrected chi connectivity index (χ2v) is 8.14. The highest BCUT2D eigenvalue weighted by molar-refractivity contribution is 7.98. The van der Waals surface area contributed by atoms with Crippen molar-refractivity contribution in [1.29, 1.82) is 0 Å². The Bertz CT molecular complexity index is 776. The van der Waals surface area contributed by atoms with Gasteiger partial charge >= 0.3 is 0 Å². The molecule has 3 rings (SSSR count). The third kappa shape index (κ3) is 4.94. The summed E-state index contributed by atoms with van der Waals surface area (Å²) in [7, 11) is 0. The molecule has 0 atom stereocenters. The first kappa shape index (κ1) is 19.5. The van der Waals surface area contributed by atoms with Crippen LogP contribution in [0.5, 0.6) is 0 Å². The Labute approximate surface area is 167 Å². The van der Waals surface area contributed by atoms with Crippen LogP contribution in [0.1, 0.15) is 36.9 Å². The van der Waals surface area contributed by atoms with Gasteiger partial charge in [-0.1, -0.05) is 53.9 Å². The number of carbonyl (C=O) groups excluding carboxylic acids is 1. The summed E-state index contributed by atoms with van der Waals surface area (Å²) in [4.78, 5) is 16.7. The van der Waals surface area contributed by atoms with Crippen molar-refractivity contribution in [3.8, 4) is 0 Å². The maximum absolute atomic E-state index is 12.4. The highest BCUT2D eigenvalue weighted by atomic mass is 35.5. The van der Waals surface area contributed by atoms with Crippen LogP contribution in [0.3, 0.4) is 0 Å². The molecule has 5 nitrogen and oxygen atoms in total. The molecule has 0 aliphatic heterocycles. The molecular formula is C18H21Cl2N3O2S. The molecule has 0 bridgehead atoms. The van der Waals surface area contributed by atoms with Crippen LogP contribution < -0.4 is 5.32 Å².